The van der Waals surface area contributed by atoms with Crippen LogP contribution in [0.1, 0.15) is 20.3 Å². The van der Waals surface area contributed by atoms with Gasteiger partial charge in [-0.1, -0.05) is 20.1 Å². The van der Waals surface area contributed by atoms with Crippen molar-refractivity contribution in [3.05, 3.63) is 25.7 Å². The minimum Gasteiger partial charge on any atom is -0.435 e. The van der Waals surface area contributed by atoms with Crippen LogP contribution in [0.3, 0.4) is 0 Å². The molecule has 0 fully saturated rings. The van der Waals surface area contributed by atoms with Gasteiger partial charge in [-0.05, 0) is 0 Å². The van der Waals surface area contributed by atoms with Crippen LogP contribution in [-0.2, 0) is 19.1 Å². The monoisotopic (exact) mass is 248 g/mol. The third-order valence-electron chi connectivity index (χ3n) is 0.853. The van der Waals surface area contributed by atoms with E-state index in [1.807, 2.05) is 0 Å². The van der Waals surface area contributed by atoms with Crippen LogP contribution >= 0.6 is 0 Å². The maximum Gasteiger partial charge on any atom is 0.310 e. The molecule has 0 saturated carbocycles. The standard InChI is InChI=1S/C5H8O2.C4H6O2.C2H6O2/c1-3-5(6)7-4-2;1-3-6-4(2)5;3-1-2-4/h4H,2-3H2,1H3;3H,1H2,2H3;3-4H,1-2H2. The van der Waals surface area contributed by atoms with E-state index in [0.717, 1.165) is 12.5 Å². The second kappa shape index (κ2) is 19.8. The van der Waals surface area contributed by atoms with Crippen molar-refractivity contribution in [3.63, 3.8) is 0 Å². The number of carbonyl (C=O) groups excluding carboxylic acids is 2. The first-order chi connectivity index (χ1) is 7.99. The second-order valence-corrected chi connectivity index (χ2v) is 2.23. The van der Waals surface area contributed by atoms with Crippen molar-refractivity contribution in [2.45, 2.75) is 20.3 Å². The average molecular weight is 248 g/mol. The molecule has 0 radical (unpaired) electrons. The summed E-state index contributed by atoms with van der Waals surface area (Å²) >= 11 is 0. The molecular formula is C11H20O6. The topological polar surface area (TPSA) is 93.1 Å². The van der Waals surface area contributed by atoms with Gasteiger partial charge in [0, 0.05) is 13.3 Å². The second-order valence-electron chi connectivity index (χ2n) is 2.23. The number of hydrogen-bond acceptors (Lipinski definition) is 6. The summed E-state index contributed by atoms with van der Waals surface area (Å²) in [6.45, 7) is 9.16. The Morgan fingerprint density at radius 3 is 1.59 bits per heavy atom. The van der Waals surface area contributed by atoms with Gasteiger partial charge in [0.25, 0.3) is 0 Å². The molecule has 0 spiro atoms. The van der Waals surface area contributed by atoms with Crippen LogP contribution in [0.2, 0.25) is 0 Å². The number of rotatable bonds is 4. The first kappa shape index (κ1) is 20.7. The van der Waals surface area contributed by atoms with Crippen LogP contribution in [0.4, 0.5) is 0 Å². The molecule has 0 unspecified atom stereocenters. The summed E-state index contributed by atoms with van der Waals surface area (Å²) in [5, 5.41) is 15.2. The molecule has 6 heteroatoms. The van der Waals surface area contributed by atoms with E-state index in [0.29, 0.717) is 6.42 Å². The van der Waals surface area contributed by atoms with Gasteiger partial charge >= 0.3 is 11.9 Å². The van der Waals surface area contributed by atoms with Crippen molar-refractivity contribution in [1.82, 2.24) is 0 Å². The van der Waals surface area contributed by atoms with Crippen molar-refractivity contribution >= 4 is 11.9 Å². The van der Waals surface area contributed by atoms with Gasteiger partial charge in [-0.3, -0.25) is 9.59 Å². The van der Waals surface area contributed by atoms with Gasteiger partial charge in [0.2, 0.25) is 0 Å². The van der Waals surface area contributed by atoms with Gasteiger partial charge in [0.05, 0.1) is 25.7 Å². The van der Waals surface area contributed by atoms with Crippen molar-refractivity contribution in [2.75, 3.05) is 13.2 Å². The van der Waals surface area contributed by atoms with E-state index in [4.69, 9.17) is 10.2 Å². The smallest absolute Gasteiger partial charge is 0.310 e. The molecule has 0 amide bonds. The molecule has 0 rings (SSSR count). The predicted molar refractivity (Wildman–Crippen MR) is 62.7 cm³/mol. The lowest BCUT2D eigenvalue weighted by Crippen LogP contribution is -1.94. The van der Waals surface area contributed by atoms with Crippen LogP contribution in [0, 0.1) is 0 Å². The Bertz CT molecular complexity index is 210. The minimum absolute atomic E-state index is 0.125. The number of hydrogen-bond donors (Lipinski definition) is 2. The molecule has 0 aromatic rings. The third kappa shape index (κ3) is 40.5. The Balaban J connectivity index is -0.000000180. The molecule has 6 nitrogen and oxygen atoms in total. The van der Waals surface area contributed by atoms with Gasteiger partial charge in [-0.25, -0.2) is 0 Å². The fourth-order valence-electron chi connectivity index (χ4n) is 0.294. The van der Waals surface area contributed by atoms with Gasteiger partial charge < -0.3 is 19.7 Å². The highest BCUT2D eigenvalue weighted by Gasteiger charge is 1.89. The average Bonchev–Trinajstić information content (AvgIpc) is 2.30. The third-order valence-corrected chi connectivity index (χ3v) is 0.853. The molecule has 0 aliphatic heterocycles. The summed E-state index contributed by atoms with van der Waals surface area (Å²) in [5.74, 6) is -0.569. The SMILES string of the molecule is C=COC(=O)CC.C=COC(C)=O.OCCO. The highest BCUT2D eigenvalue weighted by molar-refractivity contribution is 5.69. The zero-order chi connectivity index (χ0) is 14.1. The molecule has 0 saturated heterocycles. The van der Waals surface area contributed by atoms with Gasteiger partial charge in [0.1, 0.15) is 0 Å². The fourth-order valence-corrected chi connectivity index (χ4v) is 0.294. The Hall–Kier alpha value is -1.66. The maximum atomic E-state index is 10.1. The van der Waals surface area contributed by atoms with Crippen molar-refractivity contribution in [3.8, 4) is 0 Å². The van der Waals surface area contributed by atoms with E-state index in [9.17, 15) is 9.59 Å². The molecule has 0 atom stereocenters. The Labute approximate surface area is 101 Å². The molecule has 0 aliphatic carbocycles. The van der Waals surface area contributed by atoms with E-state index in [1.165, 1.54) is 6.92 Å². The first-order valence-corrected chi connectivity index (χ1v) is 4.80. The number of ether oxygens (including phenoxy) is 2. The molecule has 2 N–H and O–H groups in total. The minimum atomic E-state index is -0.329. The van der Waals surface area contributed by atoms with Gasteiger partial charge in [-0.15, -0.1) is 0 Å². The van der Waals surface area contributed by atoms with Crippen molar-refractivity contribution in [1.29, 1.82) is 0 Å². The number of aliphatic hydroxyl groups is 2. The van der Waals surface area contributed by atoms with Crippen LogP contribution < -0.4 is 0 Å². The summed E-state index contributed by atoms with van der Waals surface area (Å²) in [7, 11) is 0. The van der Waals surface area contributed by atoms with E-state index in [1.54, 1.807) is 6.92 Å². The highest BCUT2D eigenvalue weighted by atomic mass is 16.5. The lowest BCUT2D eigenvalue weighted by molar-refractivity contribution is -0.137. The quantitative estimate of drug-likeness (QED) is 0.563. The van der Waals surface area contributed by atoms with Crippen LogP contribution in [0.25, 0.3) is 0 Å². The zero-order valence-electron chi connectivity index (χ0n) is 10.2. The first-order valence-electron chi connectivity index (χ1n) is 4.80. The lowest BCUT2D eigenvalue weighted by atomic mass is 10.5. The summed E-state index contributed by atoms with van der Waals surface area (Å²) in [6, 6.07) is 0. The Morgan fingerprint density at radius 1 is 1.12 bits per heavy atom. The van der Waals surface area contributed by atoms with E-state index in [2.05, 4.69) is 22.6 Å². The summed E-state index contributed by atoms with van der Waals surface area (Å²) in [5.41, 5.74) is 0. The van der Waals surface area contributed by atoms with Crippen molar-refractivity contribution in [2.24, 2.45) is 0 Å². The fraction of sp³-hybridized carbons (Fsp3) is 0.455. The molecular weight excluding hydrogens is 228 g/mol. The summed E-state index contributed by atoms with van der Waals surface area (Å²) in [6.07, 6.45) is 2.64. The largest absolute Gasteiger partial charge is 0.435 e. The summed E-state index contributed by atoms with van der Waals surface area (Å²) < 4.78 is 8.48. The number of carbonyl (C=O) groups is 2. The molecule has 100 valence electrons. The zero-order valence-corrected chi connectivity index (χ0v) is 10.2. The Morgan fingerprint density at radius 2 is 1.53 bits per heavy atom. The maximum absolute atomic E-state index is 10.1. The van der Waals surface area contributed by atoms with E-state index in [-0.39, 0.29) is 25.2 Å². The number of aliphatic hydroxyl groups excluding tert-OH is 2. The van der Waals surface area contributed by atoms with E-state index < -0.39 is 0 Å². The molecule has 0 bridgehead atoms. The lowest BCUT2D eigenvalue weighted by Gasteiger charge is -1.88. The molecule has 0 aromatic carbocycles. The van der Waals surface area contributed by atoms with Gasteiger partial charge in [-0.2, -0.15) is 0 Å². The Kier molecular flexibility index (Phi) is 24.2. The van der Waals surface area contributed by atoms with Crippen LogP contribution in [0.5, 0.6) is 0 Å². The number of esters is 2. The predicted octanol–water partition coefficient (Wildman–Crippen LogP) is 0.747. The highest BCUT2D eigenvalue weighted by Crippen LogP contribution is 1.81. The van der Waals surface area contributed by atoms with Crippen LogP contribution in [-0.4, -0.2) is 35.4 Å². The van der Waals surface area contributed by atoms with Gasteiger partial charge in [0.15, 0.2) is 0 Å². The molecule has 0 aliphatic rings. The van der Waals surface area contributed by atoms with Crippen LogP contribution in [0.15, 0.2) is 25.7 Å². The van der Waals surface area contributed by atoms with Crippen molar-refractivity contribution < 1.29 is 29.3 Å². The normalized spacial score (nSPS) is 7.29. The molecule has 0 aromatic heterocycles. The van der Waals surface area contributed by atoms with E-state index >= 15 is 0 Å². The molecule has 0 heterocycles. The summed E-state index contributed by atoms with van der Waals surface area (Å²) in [4.78, 5) is 19.9. The molecule has 17 heavy (non-hydrogen) atoms.